The number of hydrogen-bond donors (Lipinski definition) is 3. The standard InChI is InChI=1S/C49H53Cl6F2NO18/c1-23-28(71-39(63)33(60)32(25-13-15-27(57)16-14-25)58-40(64)76-43(3,4)19-56)18-47(67)37(74-38(62)26-11-9-8-10-12-26)35-45(7,36(61)34(31(23)44(47,5)6)73-42(66)70-22-49(53,54)55)29(72-41(65)69-21-48(50,51)52)17-30-46(35,20-68-30)75-24(2)59/h8-16,28-30,32-35,37,60,67H,17-22H2,1-7H3,(H,58,64)/t28-,29-,30+,32-,33+,34+,35-,37-,45+,46-,47+/m0/s1. The third-order valence-electron chi connectivity index (χ3n) is 14.0. The number of amides is 1. The first kappa shape index (κ1) is 60.8. The molecule has 19 nitrogen and oxygen atoms in total. The SMILES string of the molecule is CC(=O)O[C@@]12CO[C@@H]1C[C@H](OC(=O)OCC(Cl)(Cl)Cl)[C@@]1(C)C(=O)[C@H](OC(=O)OCC(Cl)(Cl)Cl)C3=C(C)[C@@H](OC(=O)[C@H](O)[C@@H](NC(=O)OC(C)(C)CF)c4ccc(F)cc4)C[C@@](O)([C@@H](OC(=O)c4ccccc4)[C@H]21)C3(C)C. The van der Waals surface area contributed by atoms with Crippen molar-refractivity contribution in [1.29, 1.82) is 0 Å². The van der Waals surface area contributed by atoms with Crippen molar-refractivity contribution in [1.82, 2.24) is 5.32 Å². The molecule has 3 fully saturated rings. The topological polar surface area (TPSA) is 255 Å². The number of Topliss-reactive ketones (excluding diaryl/α,β-unsaturated/α-hetero) is 1. The average Bonchev–Trinajstić information content (AvgIpc) is 3.32. The van der Waals surface area contributed by atoms with Crippen LogP contribution in [-0.2, 0) is 57.0 Å². The van der Waals surface area contributed by atoms with Gasteiger partial charge in [0, 0.05) is 25.2 Å². The van der Waals surface area contributed by atoms with Crippen LogP contribution in [0.1, 0.15) is 83.3 Å². The predicted octanol–water partition coefficient (Wildman–Crippen LogP) is 8.41. The van der Waals surface area contributed by atoms with Crippen LogP contribution in [0.25, 0.3) is 0 Å². The molecule has 2 aromatic rings. The molecule has 0 spiro atoms. The van der Waals surface area contributed by atoms with E-state index in [4.69, 9.17) is 112 Å². The third kappa shape index (κ3) is 12.7. The van der Waals surface area contributed by atoms with Gasteiger partial charge in [-0.15, -0.1) is 0 Å². The lowest BCUT2D eigenvalue weighted by atomic mass is 9.44. The van der Waals surface area contributed by atoms with Gasteiger partial charge in [-0.2, -0.15) is 0 Å². The van der Waals surface area contributed by atoms with E-state index >= 15 is 4.79 Å². The van der Waals surface area contributed by atoms with Gasteiger partial charge in [-0.1, -0.05) is 114 Å². The number of alkyl halides is 7. The van der Waals surface area contributed by atoms with Crippen LogP contribution in [0.4, 0.5) is 23.2 Å². The summed E-state index contributed by atoms with van der Waals surface area (Å²) < 4.78 is 75.2. The highest BCUT2D eigenvalue weighted by molar-refractivity contribution is 6.68. The van der Waals surface area contributed by atoms with Crippen LogP contribution in [0, 0.1) is 22.6 Å². The molecular weight excluding hydrogens is 1140 g/mol. The molecule has 1 aliphatic heterocycles. The van der Waals surface area contributed by atoms with Crippen LogP contribution in [-0.4, -0.2) is 140 Å². The molecule has 1 heterocycles. The third-order valence-corrected chi connectivity index (χ3v) is 14.7. The van der Waals surface area contributed by atoms with Gasteiger partial charge in [-0.3, -0.25) is 9.59 Å². The number of ketones is 1. The smallest absolute Gasteiger partial charge is 0.456 e. The number of rotatable bonds is 14. The summed E-state index contributed by atoms with van der Waals surface area (Å²) in [6.07, 6.45) is -17.7. The molecule has 76 heavy (non-hydrogen) atoms. The predicted molar refractivity (Wildman–Crippen MR) is 265 cm³/mol. The molecule has 0 radical (unpaired) electrons. The van der Waals surface area contributed by atoms with E-state index < -0.39 is 171 Å². The minimum atomic E-state index is -2.74. The number of halogens is 8. The highest BCUT2D eigenvalue weighted by atomic mass is 35.6. The van der Waals surface area contributed by atoms with E-state index in [0.29, 0.717) is 0 Å². The largest absolute Gasteiger partial charge is 0.509 e. The Hall–Kier alpha value is -4.45. The molecule has 2 saturated carbocycles. The van der Waals surface area contributed by atoms with Gasteiger partial charge in [0.05, 0.1) is 29.5 Å². The second-order valence-electron chi connectivity index (χ2n) is 20.0. The molecule has 1 amide bonds. The Labute approximate surface area is 464 Å². The van der Waals surface area contributed by atoms with E-state index in [1.165, 1.54) is 65.8 Å². The maximum Gasteiger partial charge on any atom is 0.509 e. The molecule has 2 bridgehead atoms. The first-order valence-electron chi connectivity index (χ1n) is 23.2. The van der Waals surface area contributed by atoms with Crippen LogP contribution in [0.2, 0.25) is 0 Å². The molecule has 2 aromatic carbocycles. The number of ether oxygens (including phenoxy) is 9. The van der Waals surface area contributed by atoms with Crippen molar-refractivity contribution in [2.24, 2.45) is 16.7 Å². The minimum Gasteiger partial charge on any atom is -0.456 e. The van der Waals surface area contributed by atoms with Gasteiger partial charge in [-0.25, -0.2) is 32.8 Å². The Bertz CT molecular complexity index is 2600. The number of benzene rings is 2. The minimum absolute atomic E-state index is 0.0811. The molecule has 27 heteroatoms. The summed E-state index contributed by atoms with van der Waals surface area (Å²) in [4.78, 5) is 99.4. The average molecular weight is 1190 g/mol. The van der Waals surface area contributed by atoms with Gasteiger partial charge in [0.2, 0.25) is 7.59 Å². The van der Waals surface area contributed by atoms with E-state index in [2.05, 4.69) is 5.32 Å². The second kappa shape index (κ2) is 22.7. The quantitative estimate of drug-likeness (QED) is 0.0694. The zero-order valence-electron chi connectivity index (χ0n) is 41.5. The zero-order chi connectivity index (χ0) is 56.7. The van der Waals surface area contributed by atoms with Crippen LogP contribution in [0.15, 0.2) is 65.7 Å². The van der Waals surface area contributed by atoms with Crippen LogP contribution < -0.4 is 5.32 Å². The zero-order valence-corrected chi connectivity index (χ0v) is 46.0. The number of carbonyl (C=O) groups is 7. The van der Waals surface area contributed by atoms with Gasteiger partial charge < -0.3 is 58.2 Å². The summed E-state index contributed by atoms with van der Waals surface area (Å²) in [6, 6.07) is 9.64. The fraction of sp³-hybridized carbons (Fsp3) is 0.571. The molecule has 1 saturated heterocycles. The van der Waals surface area contributed by atoms with Crippen molar-refractivity contribution in [3.63, 3.8) is 0 Å². The Morgan fingerprint density at radius 1 is 0.868 bits per heavy atom. The van der Waals surface area contributed by atoms with Gasteiger partial charge in [-0.05, 0) is 68.7 Å². The van der Waals surface area contributed by atoms with Gasteiger partial charge in [0.1, 0.15) is 61.3 Å². The molecule has 418 valence electrons. The normalized spacial score (nSPS) is 28.7. The lowest BCUT2D eigenvalue weighted by molar-refractivity contribution is -0.346. The number of carbonyl (C=O) groups excluding carboxylic acids is 7. The summed E-state index contributed by atoms with van der Waals surface area (Å²) in [5, 5.41) is 28.1. The molecule has 6 rings (SSSR count). The van der Waals surface area contributed by atoms with Crippen LogP contribution in [0.5, 0.6) is 0 Å². The maximum atomic E-state index is 16.3. The van der Waals surface area contributed by atoms with Crippen molar-refractivity contribution >= 4 is 112 Å². The van der Waals surface area contributed by atoms with E-state index in [1.54, 1.807) is 6.07 Å². The first-order valence-corrected chi connectivity index (χ1v) is 25.4. The summed E-state index contributed by atoms with van der Waals surface area (Å²) >= 11 is 35.3. The van der Waals surface area contributed by atoms with E-state index in [-0.39, 0.29) is 22.3 Å². The lowest BCUT2D eigenvalue weighted by Crippen LogP contribution is -2.82. The fourth-order valence-electron chi connectivity index (χ4n) is 10.4. The number of nitrogens with one attached hydrogen (secondary N) is 1. The fourth-order valence-corrected chi connectivity index (χ4v) is 10.7. The molecule has 0 aromatic heterocycles. The summed E-state index contributed by atoms with van der Waals surface area (Å²) in [5.41, 5.74) is -11.7. The van der Waals surface area contributed by atoms with Crippen molar-refractivity contribution in [2.45, 2.75) is 128 Å². The molecule has 3 aliphatic carbocycles. The monoisotopic (exact) mass is 1190 g/mol. The molecule has 0 unspecified atom stereocenters. The molecular formula is C49H53Cl6F2NO18. The highest BCUT2D eigenvalue weighted by Gasteiger charge is 2.79. The van der Waals surface area contributed by atoms with Crippen molar-refractivity contribution < 1.29 is 95.2 Å². The van der Waals surface area contributed by atoms with E-state index in [1.807, 2.05) is 0 Å². The Kier molecular flexibility index (Phi) is 18.2. The van der Waals surface area contributed by atoms with Gasteiger partial charge in [0.15, 0.2) is 23.6 Å². The molecule has 3 N–H and O–H groups in total. The van der Waals surface area contributed by atoms with Crippen molar-refractivity contribution in [2.75, 3.05) is 26.5 Å². The first-order chi connectivity index (χ1) is 35.1. The second-order valence-corrected chi connectivity index (χ2v) is 25.0. The molecule has 11 atom stereocenters. The number of alkyl carbamates (subject to hydrolysis) is 1. The van der Waals surface area contributed by atoms with E-state index in [9.17, 15) is 47.8 Å². The number of fused-ring (bicyclic) bond motifs is 5. The number of aliphatic hydroxyl groups is 2. The van der Waals surface area contributed by atoms with E-state index in [0.717, 1.165) is 31.2 Å². The number of esters is 3. The van der Waals surface area contributed by atoms with Crippen LogP contribution >= 0.6 is 69.6 Å². The van der Waals surface area contributed by atoms with Gasteiger partial charge in [0.25, 0.3) is 0 Å². The number of hydrogen-bond acceptors (Lipinski definition) is 18. The Morgan fingerprint density at radius 2 is 1.45 bits per heavy atom. The molecule has 4 aliphatic rings. The van der Waals surface area contributed by atoms with Crippen molar-refractivity contribution in [3.8, 4) is 0 Å². The maximum absolute atomic E-state index is 16.3. The van der Waals surface area contributed by atoms with Gasteiger partial charge >= 0.3 is 36.3 Å². The lowest BCUT2D eigenvalue weighted by Gasteiger charge is -2.67. The highest BCUT2D eigenvalue weighted by Crippen LogP contribution is 2.65. The Morgan fingerprint density at radius 3 is 1.97 bits per heavy atom. The Balaban J connectivity index is 1.60. The summed E-state index contributed by atoms with van der Waals surface area (Å²) in [5.74, 6) is -7.49. The van der Waals surface area contributed by atoms with Crippen molar-refractivity contribution in [3.05, 3.63) is 82.7 Å². The van der Waals surface area contributed by atoms with Crippen LogP contribution in [0.3, 0.4) is 0 Å². The summed E-state index contributed by atoms with van der Waals surface area (Å²) in [6.45, 7) is 5.27. The number of aliphatic hydroxyl groups excluding tert-OH is 1. The summed E-state index contributed by atoms with van der Waals surface area (Å²) in [7, 11) is 0.